The third-order valence-corrected chi connectivity index (χ3v) is 6.31. The van der Waals surface area contributed by atoms with E-state index in [2.05, 4.69) is 33.3 Å². The molecule has 0 atom stereocenters. The number of aryl methyl sites for hydroxylation is 2. The lowest BCUT2D eigenvalue weighted by Crippen LogP contribution is -2.02. The minimum Gasteiger partial charge on any atom is -0.365 e. The Hall–Kier alpha value is -2.60. The van der Waals surface area contributed by atoms with Crippen molar-refractivity contribution in [1.29, 1.82) is 0 Å². The second-order valence-corrected chi connectivity index (χ2v) is 8.02. The summed E-state index contributed by atoms with van der Waals surface area (Å²) in [5.41, 5.74) is 6.43. The van der Waals surface area contributed by atoms with Gasteiger partial charge < -0.3 is 5.32 Å². The number of pyridine rings is 2. The summed E-state index contributed by atoms with van der Waals surface area (Å²) < 4.78 is 1.10. The molecule has 4 aromatic rings. The lowest BCUT2D eigenvalue weighted by molar-refractivity contribution is 0.856. The third-order valence-electron chi connectivity index (χ3n) is 5.23. The van der Waals surface area contributed by atoms with Crippen LogP contribution in [-0.4, -0.2) is 19.9 Å². The van der Waals surface area contributed by atoms with Gasteiger partial charge in [0.25, 0.3) is 0 Å². The van der Waals surface area contributed by atoms with Gasteiger partial charge in [0.05, 0.1) is 10.2 Å². The highest BCUT2D eigenvalue weighted by molar-refractivity contribution is 7.26. The zero-order chi connectivity index (χ0) is 18.2. The number of thiophene rings is 1. The highest BCUT2D eigenvalue weighted by Gasteiger charge is 2.23. The molecule has 1 aliphatic rings. The Balaban J connectivity index is 1.62. The molecule has 0 bridgehead atoms. The van der Waals surface area contributed by atoms with Gasteiger partial charge in [-0.15, -0.1) is 11.3 Å². The van der Waals surface area contributed by atoms with Gasteiger partial charge in [0.2, 0.25) is 0 Å². The fourth-order valence-electron chi connectivity index (χ4n) is 4.03. The van der Waals surface area contributed by atoms with Crippen LogP contribution in [0.4, 0.5) is 5.82 Å². The minimum absolute atomic E-state index is 0.695. The number of nitrogens with one attached hydrogen (secondary N) is 1. The zero-order valence-corrected chi connectivity index (χ0v) is 16.1. The molecule has 136 valence electrons. The van der Waals surface area contributed by atoms with Gasteiger partial charge in [-0.05, 0) is 48.4 Å². The normalized spacial score (nSPS) is 13.4. The van der Waals surface area contributed by atoms with Crippen molar-refractivity contribution < 1.29 is 0 Å². The molecule has 5 nitrogen and oxygen atoms in total. The second kappa shape index (κ2) is 6.85. The molecule has 0 saturated heterocycles. The van der Waals surface area contributed by atoms with Crippen molar-refractivity contribution in [3.63, 3.8) is 0 Å². The first kappa shape index (κ1) is 16.6. The van der Waals surface area contributed by atoms with Gasteiger partial charge in [-0.3, -0.25) is 4.98 Å². The first-order chi connectivity index (χ1) is 13.3. The molecule has 27 heavy (non-hydrogen) atoms. The van der Waals surface area contributed by atoms with Crippen molar-refractivity contribution in [2.24, 2.45) is 0 Å². The fraction of sp³-hybridized carbons (Fsp3) is 0.333. The van der Waals surface area contributed by atoms with Crippen LogP contribution < -0.4 is 5.32 Å². The number of fused-ring (bicyclic) bond motifs is 5. The van der Waals surface area contributed by atoms with Crippen LogP contribution in [0.15, 0.2) is 30.9 Å². The second-order valence-electron chi connectivity index (χ2n) is 7.02. The third kappa shape index (κ3) is 2.84. The number of rotatable bonds is 5. The fourth-order valence-corrected chi connectivity index (χ4v) is 5.18. The standard InChI is InChI=1S/C21H21N5S/c1-2-5-16-14-7-3-8-15(14)17-18-19(27-21(17)26-16)20(25-12-24-18)23-11-13-6-4-9-22-10-13/h4,6,9-10,12H,2-3,5,7-8,11H2,1H3,(H,23,24,25). The summed E-state index contributed by atoms with van der Waals surface area (Å²) in [6.45, 7) is 2.92. The lowest BCUT2D eigenvalue weighted by atomic mass is 10.0. The molecule has 0 unspecified atom stereocenters. The molecule has 6 heteroatoms. The molecule has 1 aliphatic carbocycles. The molecule has 0 aliphatic heterocycles. The van der Waals surface area contributed by atoms with E-state index in [4.69, 9.17) is 4.98 Å². The Bertz CT molecular complexity index is 1120. The molecular formula is C21H21N5S. The molecular weight excluding hydrogens is 354 g/mol. The number of hydrogen-bond donors (Lipinski definition) is 1. The van der Waals surface area contributed by atoms with E-state index in [1.165, 1.54) is 28.6 Å². The predicted octanol–water partition coefficient (Wildman–Crippen LogP) is 4.69. The van der Waals surface area contributed by atoms with E-state index >= 15 is 0 Å². The Labute approximate surface area is 161 Å². The predicted molar refractivity (Wildman–Crippen MR) is 110 cm³/mol. The van der Waals surface area contributed by atoms with E-state index in [-0.39, 0.29) is 0 Å². The smallest absolute Gasteiger partial charge is 0.147 e. The van der Waals surface area contributed by atoms with E-state index in [9.17, 15) is 0 Å². The maximum absolute atomic E-state index is 5.05. The summed E-state index contributed by atoms with van der Waals surface area (Å²) in [5, 5.41) is 4.72. The summed E-state index contributed by atoms with van der Waals surface area (Å²) in [4.78, 5) is 19.5. The van der Waals surface area contributed by atoms with Gasteiger partial charge >= 0.3 is 0 Å². The van der Waals surface area contributed by atoms with Gasteiger partial charge in [0, 0.05) is 30.0 Å². The first-order valence-corrected chi connectivity index (χ1v) is 10.4. The molecule has 0 spiro atoms. The average Bonchev–Trinajstić information content (AvgIpc) is 3.32. The van der Waals surface area contributed by atoms with Crippen molar-refractivity contribution in [3.8, 4) is 0 Å². The van der Waals surface area contributed by atoms with Crippen molar-refractivity contribution >= 4 is 37.6 Å². The maximum Gasteiger partial charge on any atom is 0.147 e. The largest absolute Gasteiger partial charge is 0.365 e. The van der Waals surface area contributed by atoms with Crippen molar-refractivity contribution in [2.75, 3.05) is 5.32 Å². The quantitative estimate of drug-likeness (QED) is 0.548. The molecule has 4 aromatic heterocycles. The van der Waals surface area contributed by atoms with Crippen LogP contribution in [0.25, 0.3) is 20.4 Å². The highest BCUT2D eigenvalue weighted by Crippen LogP contribution is 2.41. The van der Waals surface area contributed by atoms with Gasteiger partial charge in [0.15, 0.2) is 0 Å². The molecule has 0 fully saturated rings. The van der Waals surface area contributed by atoms with Crippen molar-refractivity contribution in [1.82, 2.24) is 19.9 Å². The molecule has 5 rings (SSSR count). The first-order valence-electron chi connectivity index (χ1n) is 9.55. The highest BCUT2D eigenvalue weighted by atomic mass is 32.1. The number of anilines is 1. The molecule has 0 saturated carbocycles. The van der Waals surface area contributed by atoms with E-state index in [0.717, 1.165) is 52.1 Å². The van der Waals surface area contributed by atoms with Crippen LogP contribution in [0.2, 0.25) is 0 Å². The van der Waals surface area contributed by atoms with Gasteiger partial charge in [-0.1, -0.05) is 19.4 Å². The van der Waals surface area contributed by atoms with Crippen LogP contribution in [-0.2, 0) is 25.8 Å². The molecule has 4 heterocycles. The summed E-state index contributed by atoms with van der Waals surface area (Å²) in [6.07, 6.45) is 11.0. The Morgan fingerprint density at radius 1 is 1.19 bits per heavy atom. The van der Waals surface area contributed by atoms with Crippen molar-refractivity contribution in [3.05, 3.63) is 53.2 Å². The van der Waals surface area contributed by atoms with Crippen LogP contribution in [0.3, 0.4) is 0 Å². The number of aromatic nitrogens is 4. The van der Waals surface area contributed by atoms with E-state index in [1.807, 2.05) is 12.3 Å². The molecule has 0 aromatic carbocycles. The van der Waals surface area contributed by atoms with Crippen LogP contribution >= 0.6 is 11.3 Å². The Morgan fingerprint density at radius 3 is 2.96 bits per heavy atom. The van der Waals surface area contributed by atoms with Crippen molar-refractivity contribution in [2.45, 2.75) is 45.6 Å². The maximum atomic E-state index is 5.05. The molecule has 0 amide bonds. The lowest BCUT2D eigenvalue weighted by Gasteiger charge is -2.08. The van der Waals surface area contributed by atoms with E-state index < -0.39 is 0 Å². The molecule has 1 N–H and O–H groups in total. The van der Waals surface area contributed by atoms with Gasteiger partial charge in [0.1, 0.15) is 17.0 Å². The summed E-state index contributed by atoms with van der Waals surface area (Å²) in [5.74, 6) is 0.885. The minimum atomic E-state index is 0.695. The summed E-state index contributed by atoms with van der Waals surface area (Å²) >= 11 is 1.72. The topological polar surface area (TPSA) is 63.6 Å². The van der Waals surface area contributed by atoms with E-state index in [1.54, 1.807) is 23.9 Å². The van der Waals surface area contributed by atoms with Gasteiger partial charge in [-0.25, -0.2) is 15.0 Å². The molecule has 0 radical (unpaired) electrons. The number of nitrogens with zero attached hydrogens (tertiary/aromatic N) is 4. The monoisotopic (exact) mass is 375 g/mol. The van der Waals surface area contributed by atoms with Gasteiger partial charge in [-0.2, -0.15) is 0 Å². The van der Waals surface area contributed by atoms with Crippen LogP contribution in [0.1, 0.15) is 42.1 Å². The Kier molecular flexibility index (Phi) is 4.20. The van der Waals surface area contributed by atoms with Crippen LogP contribution in [0.5, 0.6) is 0 Å². The van der Waals surface area contributed by atoms with E-state index in [0.29, 0.717) is 6.54 Å². The number of hydrogen-bond acceptors (Lipinski definition) is 6. The Morgan fingerprint density at radius 2 is 2.11 bits per heavy atom. The average molecular weight is 376 g/mol. The summed E-state index contributed by atoms with van der Waals surface area (Å²) in [6, 6.07) is 4.02. The SMILES string of the molecule is CCCc1nc2sc3c(NCc4cccnc4)ncnc3c2c2c1CCC2. The zero-order valence-electron chi connectivity index (χ0n) is 15.3. The summed E-state index contributed by atoms with van der Waals surface area (Å²) in [7, 11) is 0. The van der Waals surface area contributed by atoms with Crippen LogP contribution in [0, 0.1) is 0 Å².